The van der Waals surface area contributed by atoms with Crippen LogP contribution in [-0.2, 0) is 14.4 Å². The number of likely N-dealkylation sites (tertiary alicyclic amines) is 1. The summed E-state index contributed by atoms with van der Waals surface area (Å²) in [5.74, 6) is -2.55. The third-order valence-corrected chi connectivity index (χ3v) is 8.97. The number of amides is 2. The van der Waals surface area contributed by atoms with Crippen molar-refractivity contribution in [2.24, 2.45) is 11.8 Å². The second kappa shape index (κ2) is 9.14. The maximum Gasteiger partial charge on any atom is 0.308 e. The maximum atomic E-state index is 14.0. The summed E-state index contributed by atoms with van der Waals surface area (Å²) in [6.07, 6.45) is 6.32. The number of aliphatic hydroxyl groups is 1. The molecule has 8 heteroatoms. The third-order valence-electron chi connectivity index (χ3n) is 7.01. The summed E-state index contributed by atoms with van der Waals surface area (Å²) < 4.78 is -0.655. The first-order chi connectivity index (χ1) is 14.6. The Morgan fingerprint density at radius 2 is 1.97 bits per heavy atom. The summed E-state index contributed by atoms with van der Waals surface area (Å²) in [6.45, 7) is 10.7. The zero-order valence-corrected chi connectivity index (χ0v) is 19.7. The zero-order chi connectivity index (χ0) is 23.0. The number of hydrogen-bond donors (Lipinski definition) is 2. The van der Waals surface area contributed by atoms with Crippen molar-refractivity contribution in [3.63, 3.8) is 0 Å². The number of rotatable bonds is 10. The lowest BCUT2D eigenvalue weighted by Gasteiger charge is -2.42. The van der Waals surface area contributed by atoms with Crippen molar-refractivity contribution in [2.45, 2.75) is 80.9 Å². The van der Waals surface area contributed by atoms with E-state index in [1.807, 2.05) is 20.8 Å². The van der Waals surface area contributed by atoms with Gasteiger partial charge in [0.05, 0.1) is 16.6 Å². The Hall–Kier alpha value is -1.54. The van der Waals surface area contributed by atoms with E-state index in [0.29, 0.717) is 19.5 Å². The van der Waals surface area contributed by atoms with Gasteiger partial charge < -0.3 is 20.0 Å². The van der Waals surface area contributed by atoms with Gasteiger partial charge in [-0.05, 0) is 46.5 Å². The fraction of sp³-hybridized carbons (Fsp3) is 0.783. The molecule has 3 heterocycles. The lowest BCUT2D eigenvalue weighted by Crippen LogP contribution is -2.58. The summed E-state index contributed by atoms with van der Waals surface area (Å²) in [5, 5.41) is 18.8. The normalized spacial score (nSPS) is 31.7. The Morgan fingerprint density at radius 3 is 2.55 bits per heavy atom. The van der Waals surface area contributed by atoms with Crippen molar-refractivity contribution in [3.8, 4) is 0 Å². The monoisotopic (exact) mass is 452 g/mol. The molecule has 2 amide bonds. The average molecular weight is 453 g/mol. The molecule has 3 aliphatic rings. The third kappa shape index (κ3) is 4.13. The number of unbranched alkanes of at least 4 members (excludes halogenated alkanes) is 3. The Morgan fingerprint density at radius 1 is 1.29 bits per heavy atom. The Labute approximate surface area is 189 Å². The molecule has 5 atom stereocenters. The molecule has 0 aromatic carbocycles. The smallest absolute Gasteiger partial charge is 0.308 e. The number of aliphatic carboxylic acids is 1. The van der Waals surface area contributed by atoms with Crippen LogP contribution in [0, 0.1) is 11.8 Å². The number of carboxylic acid groups (broad SMARTS) is 1. The molecule has 0 aromatic heterocycles. The van der Waals surface area contributed by atoms with Crippen LogP contribution in [0.15, 0.2) is 12.7 Å². The van der Waals surface area contributed by atoms with Crippen molar-refractivity contribution in [1.29, 1.82) is 0 Å². The number of fused-ring (bicyclic) bond motifs is 1. The van der Waals surface area contributed by atoms with E-state index in [2.05, 4.69) is 6.58 Å². The molecule has 3 rings (SSSR count). The van der Waals surface area contributed by atoms with Gasteiger partial charge in [-0.25, -0.2) is 0 Å². The van der Waals surface area contributed by atoms with E-state index < -0.39 is 34.1 Å². The molecule has 0 aliphatic carbocycles. The summed E-state index contributed by atoms with van der Waals surface area (Å²) >= 11 is 1.57. The highest BCUT2D eigenvalue weighted by molar-refractivity contribution is 8.02. The van der Waals surface area contributed by atoms with Crippen LogP contribution in [0.5, 0.6) is 0 Å². The molecule has 0 radical (unpaired) electrons. The highest BCUT2D eigenvalue weighted by Crippen LogP contribution is 2.66. The maximum absolute atomic E-state index is 14.0. The van der Waals surface area contributed by atoms with Gasteiger partial charge in [0.15, 0.2) is 0 Å². The number of aliphatic hydroxyl groups excluding tert-OH is 1. The van der Waals surface area contributed by atoms with Crippen molar-refractivity contribution < 1.29 is 24.6 Å². The van der Waals surface area contributed by atoms with Crippen LogP contribution >= 0.6 is 11.8 Å². The molecule has 0 saturated carbocycles. The van der Waals surface area contributed by atoms with Gasteiger partial charge in [-0.15, -0.1) is 18.3 Å². The molecule has 0 aromatic rings. The summed E-state index contributed by atoms with van der Waals surface area (Å²) in [5.41, 5.74) is -0.441. The Bertz CT molecular complexity index is 736. The molecule has 2 unspecified atom stereocenters. The van der Waals surface area contributed by atoms with Crippen LogP contribution < -0.4 is 0 Å². The van der Waals surface area contributed by atoms with Gasteiger partial charge in [0, 0.05) is 30.5 Å². The van der Waals surface area contributed by atoms with Gasteiger partial charge in [0.2, 0.25) is 11.8 Å². The standard InChI is InChI=1S/C23H36N2O5S/c1-5-12-25(22(2,3)4)20(28)18-23-11-10-15(31-23)16(21(29)30)17(23)19(27)24(18)13-8-6-7-9-14-26/h5,15-18,26H,1,6-14H2,2-4H3,(H,29,30)/t15-,16+,17-,18?,23?/m0/s1. The largest absolute Gasteiger partial charge is 0.481 e. The van der Waals surface area contributed by atoms with E-state index >= 15 is 0 Å². The lowest BCUT2D eigenvalue weighted by molar-refractivity contribution is -0.148. The van der Waals surface area contributed by atoms with Crippen LogP contribution in [0.4, 0.5) is 0 Å². The van der Waals surface area contributed by atoms with E-state index in [1.165, 1.54) is 0 Å². The molecular weight excluding hydrogens is 416 g/mol. The highest BCUT2D eigenvalue weighted by atomic mass is 32.2. The van der Waals surface area contributed by atoms with E-state index in [9.17, 15) is 19.5 Å². The first-order valence-corrected chi connectivity index (χ1v) is 12.2. The predicted octanol–water partition coefficient (Wildman–Crippen LogP) is 2.53. The molecule has 3 aliphatic heterocycles. The zero-order valence-electron chi connectivity index (χ0n) is 18.9. The lowest BCUT2D eigenvalue weighted by atomic mass is 9.71. The molecule has 7 nitrogen and oxygen atoms in total. The fourth-order valence-electron chi connectivity index (χ4n) is 5.67. The SMILES string of the molecule is C=CCN(C(=O)C1N(CCCCCCO)C(=O)[C@@H]2[C@H](C(=O)O)[C@@H]3CCC12S3)C(C)(C)C. The van der Waals surface area contributed by atoms with Gasteiger partial charge in [-0.3, -0.25) is 14.4 Å². The molecule has 2 N–H and O–H groups in total. The van der Waals surface area contributed by atoms with Crippen molar-refractivity contribution >= 4 is 29.5 Å². The van der Waals surface area contributed by atoms with E-state index in [4.69, 9.17) is 5.11 Å². The number of thioether (sulfide) groups is 1. The summed E-state index contributed by atoms with van der Waals surface area (Å²) in [4.78, 5) is 43.1. The minimum atomic E-state index is -0.924. The van der Waals surface area contributed by atoms with Gasteiger partial charge in [0.1, 0.15) is 6.04 Å². The molecule has 2 bridgehead atoms. The molecule has 31 heavy (non-hydrogen) atoms. The second-order valence-corrected chi connectivity index (χ2v) is 11.6. The van der Waals surface area contributed by atoms with Crippen LogP contribution in [0.1, 0.15) is 59.3 Å². The topological polar surface area (TPSA) is 98.2 Å². The van der Waals surface area contributed by atoms with Gasteiger partial charge in [-0.1, -0.05) is 18.9 Å². The number of nitrogens with zero attached hydrogens (tertiary/aromatic N) is 2. The first-order valence-electron chi connectivity index (χ1n) is 11.3. The summed E-state index contributed by atoms with van der Waals surface area (Å²) in [6, 6.07) is -0.638. The Balaban J connectivity index is 1.95. The quantitative estimate of drug-likeness (QED) is 0.390. The van der Waals surface area contributed by atoms with E-state index in [1.54, 1.807) is 27.6 Å². The van der Waals surface area contributed by atoms with E-state index in [0.717, 1.165) is 32.1 Å². The average Bonchev–Trinajstić information content (AvgIpc) is 3.32. The predicted molar refractivity (Wildman–Crippen MR) is 121 cm³/mol. The minimum absolute atomic E-state index is 0.0993. The van der Waals surface area contributed by atoms with Crippen molar-refractivity contribution in [2.75, 3.05) is 19.7 Å². The molecular formula is C23H36N2O5S. The van der Waals surface area contributed by atoms with Crippen LogP contribution in [0.3, 0.4) is 0 Å². The van der Waals surface area contributed by atoms with Gasteiger partial charge in [-0.2, -0.15) is 0 Å². The number of carbonyl (C=O) groups is 3. The van der Waals surface area contributed by atoms with Crippen molar-refractivity contribution in [3.05, 3.63) is 12.7 Å². The fourth-order valence-corrected chi connectivity index (χ4v) is 7.88. The van der Waals surface area contributed by atoms with Gasteiger partial charge >= 0.3 is 5.97 Å². The van der Waals surface area contributed by atoms with Crippen LogP contribution in [0.2, 0.25) is 0 Å². The number of carboxylic acids is 1. The minimum Gasteiger partial charge on any atom is -0.481 e. The first kappa shape index (κ1) is 24.1. The van der Waals surface area contributed by atoms with E-state index in [-0.39, 0.29) is 23.7 Å². The number of carbonyl (C=O) groups excluding carboxylic acids is 2. The molecule has 3 saturated heterocycles. The second-order valence-electron chi connectivity index (χ2n) is 9.97. The highest BCUT2D eigenvalue weighted by Gasteiger charge is 2.74. The molecule has 3 fully saturated rings. The molecule has 1 spiro atoms. The van der Waals surface area contributed by atoms with Crippen molar-refractivity contribution in [1.82, 2.24) is 9.80 Å². The Kier molecular flexibility index (Phi) is 7.11. The van der Waals surface area contributed by atoms with Gasteiger partial charge in [0.25, 0.3) is 0 Å². The summed E-state index contributed by atoms with van der Waals surface area (Å²) in [7, 11) is 0. The van der Waals surface area contributed by atoms with Crippen LogP contribution in [0.25, 0.3) is 0 Å². The number of hydrogen-bond acceptors (Lipinski definition) is 5. The van der Waals surface area contributed by atoms with Crippen LogP contribution in [-0.4, -0.2) is 79.1 Å². The molecule has 174 valence electrons.